The van der Waals surface area contributed by atoms with E-state index in [-0.39, 0.29) is 5.04 Å². The van der Waals surface area contributed by atoms with Crippen molar-refractivity contribution in [2.24, 2.45) is 0 Å². The van der Waals surface area contributed by atoms with E-state index in [2.05, 4.69) is 49.8 Å². The lowest BCUT2D eigenvalue weighted by molar-refractivity contribution is 0.112. The number of hydrogen-bond donors (Lipinski definition) is 0. The van der Waals surface area contributed by atoms with Crippen LogP contribution in [0.3, 0.4) is 0 Å². The third-order valence-electron chi connectivity index (χ3n) is 3.60. The largest absolute Gasteiger partial charge is 0.413 e. The summed E-state index contributed by atoms with van der Waals surface area (Å²) in [5.41, 5.74) is 1.77. The molecule has 0 saturated carbocycles. The van der Waals surface area contributed by atoms with Gasteiger partial charge in [-0.25, -0.2) is 0 Å². The normalized spacial score (nSPS) is 12.6. The molecule has 0 heterocycles. The highest BCUT2D eigenvalue weighted by Gasteiger charge is 2.36. The van der Waals surface area contributed by atoms with Gasteiger partial charge in [-0.15, -0.1) is 0 Å². The lowest BCUT2D eigenvalue weighted by atomic mass is 10.2. The molecule has 1 rings (SSSR count). The fourth-order valence-electron chi connectivity index (χ4n) is 1.24. The van der Waals surface area contributed by atoms with Crippen LogP contribution in [-0.2, 0) is 11.0 Å². The van der Waals surface area contributed by atoms with Gasteiger partial charge in [0.15, 0.2) is 14.6 Å². The molecule has 100 valence electrons. The van der Waals surface area contributed by atoms with Crippen LogP contribution in [0.15, 0.2) is 22.7 Å². The highest BCUT2D eigenvalue weighted by atomic mass is 79.9. The number of carbonyl (C=O) groups is 1. The SMILES string of the molecule is CC(C)(C)[Si](C)(C)OCc1ccc(C=O)c(Br)c1. The fraction of sp³-hybridized carbons (Fsp3) is 0.500. The molecule has 4 heteroatoms. The Morgan fingerprint density at radius 2 is 1.94 bits per heavy atom. The van der Waals surface area contributed by atoms with E-state index in [4.69, 9.17) is 4.43 Å². The second-order valence-electron chi connectivity index (χ2n) is 6.02. The molecule has 0 bridgehead atoms. The second-order valence-corrected chi connectivity index (χ2v) is 11.7. The third-order valence-corrected chi connectivity index (χ3v) is 8.76. The molecule has 0 N–H and O–H groups in total. The summed E-state index contributed by atoms with van der Waals surface area (Å²) in [6.45, 7) is 11.8. The van der Waals surface area contributed by atoms with Gasteiger partial charge in [-0.3, -0.25) is 4.79 Å². The van der Waals surface area contributed by atoms with Crippen LogP contribution < -0.4 is 0 Å². The van der Waals surface area contributed by atoms with Crippen molar-refractivity contribution in [2.45, 2.75) is 45.5 Å². The Labute approximate surface area is 119 Å². The van der Waals surface area contributed by atoms with Crippen LogP contribution in [0.2, 0.25) is 18.1 Å². The van der Waals surface area contributed by atoms with E-state index in [0.29, 0.717) is 12.2 Å². The number of benzene rings is 1. The van der Waals surface area contributed by atoms with Gasteiger partial charge in [-0.2, -0.15) is 0 Å². The highest BCUT2D eigenvalue weighted by molar-refractivity contribution is 9.10. The van der Waals surface area contributed by atoms with E-state index in [1.54, 1.807) is 0 Å². The van der Waals surface area contributed by atoms with Crippen LogP contribution in [-0.4, -0.2) is 14.6 Å². The van der Waals surface area contributed by atoms with Gasteiger partial charge < -0.3 is 4.43 Å². The van der Waals surface area contributed by atoms with Crippen molar-refractivity contribution < 1.29 is 9.22 Å². The number of halogens is 1. The number of aldehydes is 1. The summed E-state index contributed by atoms with van der Waals surface area (Å²) in [5.74, 6) is 0. The number of carbonyl (C=O) groups excluding carboxylic acids is 1. The maximum absolute atomic E-state index is 10.7. The molecular weight excluding hydrogens is 308 g/mol. The summed E-state index contributed by atoms with van der Waals surface area (Å²) >= 11 is 3.39. The zero-order valence-corrected chi connectivity index (χ0v) is 14.3. The van der Waals surface area contributed by atoms with E-state index in [1.807, 2.05) is 18.2 Å². The molecule has 2 nitrogen and oxygen atoms in total. The van der Waals surface area contributed by atoms with Crippen LogP contribution in [0.1, 0.15) is 36.7 Å². The Morgan fingerprint density at radius 1 is 1.33 bits per heavy atom. The molecule has 1 aromatic carbocycles. The molecule has 0 aliphatic carbocycles. The van der Waals surface area contributed by atoms with Crippen molar-refractivity contribution in [3.63, 3.8) is 0 Å². The van der Waals surface area contributed by atoms with E-state index in [1.165, 1.54) is 0 Å². The average Bonchev–Trinajstić information content (AvgIpc) is 2.25. The topological polar surface area (TPSA) is 26.3 Å². The second kappa shape index (κ2) is 5.68. The molecule has 0 aliphatic heterocycles. The average molecular weight is 329 g/mol. The van der Waals surface area contributed by atoms with E-state index in [9.17, 15) is 4.79 Å². The van der Waals surface area contributed by atoms with Crippen LogP contribution in [0.5, 0.6) is 0 Å². The van der Waals surface area contributed by atoms with Gasteiger partial charge in [0.05, 0.1) is 6.61 Å². The fourth-order valence-corrected chi connectivity index (χ4v) is 2.72. The predicted octanol–water partition coefficient (Wildman–Crippen LogP) is 4.78. The molecule has 0 amide bonds. The van der Waals surface area contributed by atoms with Crippen molar-refractivity contribution in [1.29, 1.82) is 0 Å². The first-order chi connectivity index (χ1) is 8.17. The maximum Gasteiger partial charge on any atom is 0.192 e. The van der Waals surface area contributed by atoms with E-state index in [0.717, 1.165) is 16.3 Å². The minimum absolute atomic E-state index is 0.215. The standard InChI is InChI=1S/C14H21BrO2Si/c1-14(2,3)18(4,5)17-10-11-6-7-12(9-16)13(15)8-11/h6-9H,10H2,1-5H3. The monoisotopic (exact) mass is 328 g/mol. The molecular formula is C14H21BrO2Si. The number of hydrogen-bond acceptors (Lipinski definition) is 2. The Kier molecular flexibility index (Phi) is 4.92. The van der Waals surface area contributed by atoms with Crippen LogP contribution in [0, 0.1) is 0 Å². The summed E-state index contributed by atoms with van der Waals surface area (Å²) in [4.78, 5) is 10.7. The Bertz CT molecular complexity index is 436. The lowest BCUT2D eigenvalue weighted by Gasteiger charge is -2.36. The van der Waals surface area contributed by atoms with Crippen molar-refractivity contribution in [3.8, 4) is 0 Å². The highest BCUT2D eigenvalue weighted by Crippen LogP contribution is 2.37. The molecule has 18 heavy (non-hydrogen) atoms. The zero-order valence-electron chi connectivity index (χ0n) is 11.7. The molecule has 0 unspecified atom stereocenters. The summed E-state index contributed by atoms with van der Waals surface area (Å²) in [7, 11) is -1.71. The third kappa shape index (κ3) is 3.77. The number of rotatable bonds is 4. The zero-order chi connectivity index (χ0) is 14.0. The Hall–Kier alpha value is -0.453. The van der Waals surface area contributed by atoms with Gasteiger partial charge >= 0.3 is 0 Å². The van der Waals surface area contributed by atoms with Crippen LogP contribution >= 0.6 is 15.9 Å². The van der Waals surface area contributed by atoms with Crippen molar-refractivity contribution >= 4 is 30.5 Å². The minimum atomic E-state index is -1.71. The van der Waals surface area contributed by atoms with Crippen LogP contribution in [0.25, 0.3) is 0 Å². The van der Waals surface area contributed by atoms with Crippen molar-refractivity contribution in [2.75, 3.05) is 0 Å². The van der Waals surface area contributed by atoms with Gasteiger partial charge in [-0.1, -0.05) is 48.8 Å². The molecule has 0 aromatic heterocycles. The first kappa shape index (κ1) is 15.6. The molecule has 1 aromatic rings. The molecule has 0 spiro atoms. The molecule has 0 fully saturated rings. The van der Waals surface area contributed by atoms with Crippen molar-refractivity contribution in [1.82, 2.24) is 0 Å². The van der Waals surface area contributed by atoms with Gasteiger partial charge in [0, 0.05) is 10.0 Å². The smallest absolute Gasteiger partial charge is 0.192 e. The first-order valence-corrected chi connectivity index (χ1v) is 9.75. The van der Waals surface area contributed by atoms with Gasteiger partial charge in [0.25, 0.3) is 0 Å². The first-order valence-electron chi connectivity index (χ1n) is 6.05. The summed E-state index contributed by atoms with van der Waals surface area (Å²) < 4.78 is 6.97. The summed E-state index contributed by atoms with van der Waals surface area (Å²) in [6.07, 6.45) is 0.850. The Balaban J connectivity index is 2.76. The molecule has 0 aliphatic rings. The summed E-state index contributed by atoms with van der Waals surface area (Å²) in [6, 6.07) is 5.72. The van der Waals surface area contributed by atoms with Gasteiger partial charge in [0.2, 0.25) is 0 Å². The maximum atomic E-state index is 10.7. The van der Waals surface area contributed by atoms with Gasteiger partial charge in [0.1, 0.15) is 0 Å². The molecule has 0 atom stereocenters. The van der Waals surface area contributed by atoms with Crippen LogP contribution in [0.4, 0.5) is 0 Å². The lowest BCUT2D eigenvalue weighted by Crippen LogP contribution is -2.40. The predicted molar refractivity (Wildman–Crippen MR) is 81.5 cm³/mol. The van der Waals surface area contributed by atoms with E-state index >= 15 is 0 Å². The van der Waals surface area contributed by atoms with Gasteiger partial charge in [-0.05, 0) is 29.8 Å². The van der Waals surface area contributed by atoms with Crippen molar-refractivity contribution in [3.05, 3.63) is 33.8 Å². The summed E-state index contributed by atoms with van der Waals surface area (Å²) in [5, 5.41) is 0.215. The molecule has 0 saturated heterocycles. The molecule has 0 radical (unpaired) electrons. The Morgan fingerprint density at radius 3 is 2.39 bits per heavy atom. The minimum Gasteiger partial charge on any atom is -0.413 e. The van der Waals surface area contributed by atoms with E-state index < -0.39 is 8.32 Å². The quantitative estimate of drug-likeness (QED) is 0.587.